The summed E-state index contributed by atoms with van der Waals surface area (Å²) in [6.45, 7) is 4.62. The van der Waals surface area contributed by atoms with Gasteiger partial charge in [-0.3, -0.25) is 0 Å². The van der Waals surface area contributed by atoms with Gasteiger partial charge in [-0.05, 0) is 6.07 Å². The molecule has 1 aromatic rings. The third-order valence-electron chi connectivity index (χ3n) is 1.46. The number of rotatable bonds is 2. The maximum atomic E-state index is 5.43. The third-order valence-corrected chi connectivity index (χ3v) is 1.46. The van der Waals surface area contributed by atoms with Gasteiger partial charge in [0.25, 0.3) is 0 Å². The van der Waals surface area contributed by atoms with Crippen LogP contribution in [-0.2, 0) is 6.54 Å². The van der Waals surface area contributed by atoms with Crippen LogP contribution in [0.1, 0.15) is 31.3 Å². The summed E-state index contributed by atoms with van der Waals surface area (Å²) in [7, 11) is 0. The Morgan fingerprint density at radius 2 is 2.00 bits per heavy atom. The number of hydrogen-bond donors (Lipinski definition) is 1. The SMILES string of the molecule is CC(C)c1nccc(CN)n1.Cl.Cl. The molecule has 2 N–H and O–H groups in total. The standard InChI is InChI=1S/C8H13N3.2ClH/c1-6(2)8-10-4-3-7(5-9)11-8;;/h3-4,6H,5,9H2,1-2H3;2*1H. The van der Waals surface area contributed by atoms with Gasteiger partial charge in [-0.15, -0.1) is 24.8 Å². The molecule has 1 aromatic heterocycles. The maximum absolute atomic E-state index is 5.43. The first kappa shape index (κ1) is 15.1. The summed E-state index contributed by atoms with van der Waals surface area (Å²) < 4.78 is 0. The lowest BCUT2D eigenvalue weighted by Gasteiger charge is -2.03. The molecule has 5 heteroatoms. The van der Waals surface area contributed by atoms with E-state index in [9.17, 15) is 0 Å². The fourth-order valence-corrected chi connectivity index (χ4v) is 0.805. The molecule has 0 spiro atoms. The highest BCUT2D eigenvalue weighted by Gasteiger charge is 2.01. The Morgan fingerprint density at radius 3 is 2.46 bits per heavy atom. The summed E-state index contributed by atoms with van der Waals surface area (Å²) in [6.07, 6.45) is 1.75. The van der Waals surface area contributed by atoms with E-state index >= 15 is 0 Å². The van der Waals surface area contributed by atoms with Crippen molar-refractivity contribution in [2.75, 3.05) is 0 Å². The Labute approximate surface area is 91.0 Å². The molecule has 0 saturated carbocycles. The lowest BCUT2D eigenvalue weighted by Crippen LogP contribution is -2.04. The largest absolute Gasteiger partial charge is 0.325 e. The monoisotopic (exact) mass is 223 g/mol. The van der Waals surface area contributed by atoms with Gasteiger partial charge >= 0.3 is 0 Å². The van der Waals surface area contributed by atoms with Crippen molar-refractivity contribution in [3.63, 3.8) is 0 Å². The quantitative estimate of drug-likeness (QED) is 0.834. The van der Waals surface area contributed by atoms with E-state index in [1.54, 1.807) is 6.20 Å². The van der Waals surface area contributed by atoms with Crippen molar-refractivity contribution in [2.45, 2.75) is 26.3 Å². The lowest BCUT2D eigenvalue weighted by atomic mass is 10.2. The number of nitrogens with zero attached hydrogens (tertiary/aromatic N) is 2. The smallest absolute Gasteiger partial charge is 0.131 e. The molecular formula is C8H15Cl2N3. The van der Waals surface area contributed by atoms with E-state index in [4.69, 9.17) is 5.73 Å². The van der Waals surface area contributed by atoms with Crippen LogP contribution in [0.5, 0.6) is 0 Å². The van der Waals surface area contributed by atoms with Crippen LogP contribution in [0.3, 0.4) is 0 Å². The lowest BCUT2D eigenvalue weighted by molar-refractivity contribution is 0.756. The summed E-state index contributed by atoms with van der Waals surface area (Å²) in [5.41, 5.74) is 6.33. The molecule has 1 heterocycles. The van der Waals surface area contributed by atoms with Crippen LogP contribution in [0.4, 0.5) is 0 Å². The molecule has 0 aliphatic heterocycles. The molecule has 0 bridgehead atoms. The normalized spacial score (nSPS) is 8.92. The molecule has 1 rings (SSSR count). The zero-order chi connectivity index (χ0) is 8.27. The van der Waals surface area contributed by atoms with Crippen molar-refractivity contribution < 1.29 is 0 Å². The number of hydrogen-bond acceptors (Lipinski definition) is 3. The second-order valence-corrected chi connectivity index (χ2v) is 2.77. The van der Waals surface area contributed by atoms with Gasteiger partial charge in [0.2, 0.25) is 0 Å². The van der Waals surface area contributed by atoms with Crippen LogP contribution < -0.4 is 5.73 Å². The Morgan fingerprint density at radius 1 is 1.38 bits per heavy atom. The molecule has 76 valence electrons. The molecule has 0 fully saturated rings. The van der Waals surface area contributed by atoms with E-state index in [0.29, 0.717) is 12.5 Å². The van der Waals surface area contributed by atoms with E-state index in [-0.39, 0.29) is 24.8 Å². The fourth-order valence-electron chi connectivity index (χ4n) is 0.805. The molecule has 0 radical (unpaired) electrons. The van der Waals surface area contributed by atoms with Gasteiger partial charge in [0.05, 0.1) is 5.69 Å². The minimum atomic E-state index is 0. The third kappa shape index (κ3) is 4.41. The van der Waals surface area contributed by atoms with Crippen LogP contribution >= 0.6 is 24.8 Å². The van der Waals surface area contributed by atoms with Gasteiger partial charge in [0.15, 0.2) is 0 Å². The summed E-state index contributed by atoms with van der Waals surface area (Å²) in [4.78, 5) is 8.37. The fraction of sp³-hybridized carbons (Fsp3) is 0.500. The van der Waals surface area contributed by atoms with Crippen molar-refractivity contribution in [3.05, 3.63) is 23.8 Å². The van der Waals surface area contributed by atoms with E-state index in [1.807, 2.05) is 6.07 Å². The first-order valence-corrected chi connectivity index (χ1v) is 3.76. The maximum Gasteiger partial charge on any atom is 0.131 e. The first-order valence-electron chi connectivity index (χ1n) is 3.76. The summed E-state index contributed by atoms with van der Waals surface area (Å²) in [5, 5.41) is 0. The van der Waals surface area contributed by atoms with Gasteiger partial charge in [0, 0.05) is 18.7 Å². The number of nitrogens with two attached hydrogens (primary N) is 1. The molecule has 0 amide bonds. The van der Waals surface area contributed by atoms with Crippen molar-refractivity contribution in [3.8, 4) is 0 Å². The Bertz CT molecular complexity index is 241. The van der Waals surface area contributed by atoms with Crippen LogP contribution in [0.15, 0.2) is 12.3 Å². The molecule has 0 aliphatic carbocycles. The topological polar surface area (TPSA) is 51.8 Å². The van der Waals surface area contributed by atoms with Crippen molar-refractivity contribution in [2.24, 2.45) is 5.73 Å². The molecule has 0 atom stereocenters. The minimum Gasteiger partial charge on any atom is -0.325 e. The molecular weight excluding hydrogens is 209 g/mol. The first-order chi connectivity index (χ1) is 5.24. The van der Waals surface area contributed by atoms with Gasteiger partial charge in [-0.2, -0.15) is 0 Å². The minimum absolute atomic E-state index is 0. The number of halogens is 2. The Hall–Kier alpha value is -0.380. The molecule has 0 aromatic carbocycles. The predicted octanol–water partition coefficient (Wildman–Crippen LogP) is 1.90. The second kappa shape index (κ2) is 7.06. The molecule has 0 unspecified atom stereocenters. The highest BCUT2D eigenvalue weighted by atomic mass is 35.5. The van der Waals surface area contributed by atoms with Crippen LogP contribution in [-0.4, -0.2) is 9.97 Å². The highest BCUT2D eigenvalue weighted by molar-refractivity contribution is 5.85. The summed E-state index contributed by atoms with van der Waals surface area (Å²) >= 11 is 0. The average molecular weight is 224 g/mol. The summed E-state index contributed by atoms with van der Waals surface area (Å²) in [5.74, 6) is 1.24. The Kier molecular flexibility index (Phi) is 8.21. The molecule has 3 nitrogen and oxygen atoms in total. The predicted molar refractivity (Wildman–Crippen MR) is 58.5 cm³/mol. The van der Waals surface area contributed by atoms with E-state index in [2.05, 4.69) is 23.8 Å². The van der Waals surface area contributed by atoms with E-state index in [0.717, 1.165) is 11.5 Å². The van der Waals surface area contributed by atoms with Crippen LogP contribution in [0, 0.1) is 0 Å². The van der Waals surface area contributed by atoms with Gasteiger partial charge in [-0.25, -0.2) is 9.97 Å². The van der Waals surface area contributed by atoms with Crippen molar-refractivity contribution >= 4 is 24.8 Å². The second-order valence-electron chi connectivity index (χ2n) is 2.77. The highest BCUT2D eigenvalue weighted by Crippen LogP contribution is 2.07. The zero-order valence-electron chi connectivity index (χ0n) is 7.73. The number of aromatic nitrogens is 2. The van der Waals surface area contributed by atoms with Crippen LogP contribution in [0.2, 0.25) is 0 Å². The van der Waals surface area contributed by atoms with E-state index < -0.39 is 0 Å². The Balaban J connectivity index is 0. The van der Waals surface area contributed by atoms with Crippen molar-refractivity contribution in [1.29, 1.82) is 0 Å². The molecule has 13 heavy (non-hydrogen) atoms. The van der Waals surface area contributed by atoms with Gasteiger partial charge in [0.1, 0.15) is 5.82 Å². The molecule has 0 aliphatic rings. The average Bonchev–Trinajstić information content (AvgIpc) is 2.05. The summed E-state index contributed by atoms with van der Waals surface area (Å²) in [6, 6.07) is 1.84. The zero-order valence-corrected chi connectivity index (χ0v) is 9.36. The van der Waals surface area contributed by atoms with Crippen molar-refractivity contribution in [1.82, 2.24) is 9.97 Å². The van der Waals surface area contributed by atoms with Gasteiger partial charge < -0.3 is 5.73 Å². The van der Waals surface area contributed by atoms with Crippen LogP contribution in [0.25, 0.3) is 0 Å². The molecule has 0 saturated heterocycles. The van der Waals surface area contributed by atoms with Gasteiger partial charge in [-0.1, -0.05) is 13.8 Å². The van der Waals surface area contributed by atoms with E-state index in [1.165, 1.54) is 0 Å².